The molecular weight excluding hydrogens is 215 g/mol. The highest BCUT2D eigenvalue weighted by Gasteiger charge is 2.09. The van der Waals surface area contributed by atoms with Crippen molar-refractivity contribution in [1.29, 1.82) is 0 Å². The van der Waals surface area contributed by atoms with E-state index in [0.29, 0.717) is 6.29 Å². The Bertz CT molecular complexity index is 313. The molecule has 0 heterocycles. The van der Waals surface area contributed by atoms with Gasteiger partial charge in [0.2, 0.25) is 0 Å². The maximum absolute atomic E-state index is 10.3. The smallest absolute Gasteiger partial charge is 0.177 e. The Kier molecular flexibility index (Phi) is 4.59. The van der Waals surface area contributed by atoms with E-state index in [4.69, 9.17) is 16.3 Å². The van der Waals surface area contributed by atoms with E-state index in [0.717, 1.165) is 0 Å². The summed E-state index contributed by atoms with van der Waals surface area (Å²) in [7, 11) is 1.41. The predicted octanol–water partition coefficient (Wildman–Crippen LogP) is 2.29. The third kappa shape index (κ3) is 2.26. The van der Waals surface area contributed by atoms with Gasteiger partial charge in [-0.1, -0.05) is 11.6 Å². The van der Waals surface area contributed by atoms with Gasteiger partial charge in [0.05, 0.1) is 12.1 Å². The molecular formula is C8H8Cl2O3. The first-order valence-electron chi connectivity index (χ1n) is 3.21. The lowest BCUT2D eigenvalue weighted by Crippen LogP contribution is -1.87. The molecule has 0 aromatic heterocycles. The van der Waals surface area contributed by atoms with E-state index in [1.165, 1.54) is 19.2 Å². The molecule has 5 heteroatoms. The van der Waals surface area contributed by atoms with Crippen LogP contribution in [0.5, 0.6) is 11.5 Å². The maximum Gasteiger partial charge on any atom is 0.177 e. The van der Waals surface area contributed by atoms with E-state index in [9.17, 15) is 9.90 Å². The van der Waals surface area contributed by atoms with Gasteiger partial charge in [-0.15, -0.1) is 12.4 Å². The van der Waals surface area contributed by atoms with E-state index in [1.54, 1.807) is 0 Å². The fraction of sp³-hybridized carbons (Fsp3) is 0.125. The van der Waals surface area contributed by atoms with Crippen LogP contribution < -0.4 is 4.74 Å². The molecule has 0 amide bonds. The molecule has 0 unspecified atom stereocenters. The zero-order valence-electron chi connectivity index (χ0n) is 6.78. The first-order valence-corrected chi connectivity index (χ1v) is 3.59. The van der Waals surface area contributed by atoms with Gasteiger partial charge in [0.15, 0.2) is 17.8 Å². The largest absolute Gasteiger partial charge is 0.503 e. The Morgan fingerprint density at radius 3 is 2.62 bits per heavy atom. The third-order valence-corrected chi connectivity index (χ3v) is 1.85. The minimum absolute atomic E-state index is 0. The molecule has 1 rings (SSSR count). The average molecular weight is 223 g/mol. The summed E-state index contributed by atoms with van der Waals surface area (Å²) < 4.78 is 4.77. The molecule has 0 spiro atoms. The Hall–Kier alpha value is -0.930. The van der Waals surface area contributed by atoms with Gasteiger partial charge in [-0.2, -0.15) is 0 Å². The number of phenolic OH excluding ortho intramolecular Hbond substituents is 1. The molecule has 0 bridgehead atoms. The van der Waals surface area contributed by atoms with Gasteiger partial charge in [-0.25, -0.2) is 0 Å². The molecule has 0 fully saturated rings. The molecule has 72 valence electrons. The number of phenols is 1. The van der Waals surface area contributed by atoms with Crippen molar-refractivity contribution in [3.63, 3.8) is 0 Å². The zero-order chi connectivity index (χ0) is 9.14. The van der Waals surface area contributed by atoms with E-state index in [1.807, 2.05) is 0 Å². The highest BCUT2D eigenvalue weighted by molar-refractivity contribution is 6.34. The summed E-state index contributed by atoms with van der Waals surface area (Å²) in [5.41, 5.74) is 0.245. The summed E-state index contributed by atoms with van der Waals surface area (Å²) in [6.07, 6.45) is 0.571. The monoisotopic (exact) mass is 222 g/mol. The summed E-state index contributed by atoms with van der Waals surface area (Å²) in [5.74, 6) is 0.0503. The van der Waals surface area contributed by atoms with Crippen molar-refractivity contribution in [1.82, 2.24) is 0 Å². The quantitative estimate of drug-likeness (QED) is 0.782. The van der Waals surface area contributed by atoms with Gasteiger partial charge in [0.1, 0.15) is 0 Å². The summed E-state index contributed by atoms with van der Waals surface area (Å²) in [6.45, 7) is 0. The molecule has 3 nitrogen and oxygen atoms in total. The molecule has 1 aromatic rings. The first-order chi connectivity index (χ1) is 5.70. The minimum atomic E-state index is -0.205. The second-order valence-corrected chi connectivity index (χ2v) is 2.52. The molecule has 13 heavy (non-hydrogen) atoms. The van der Waals surface area contributed by atoms with Crippen LogP contribution in [0, 0.1) is 0 Å². The molecule has 0 aliphatic carbocycles. The number of hydrogen-bond acceptors (Lipinski definition) is 3. The van der Waals surface area contributed by atoms with Crippen LogP contribution in [0.4, 0.5) is 0 Å². The Balaban J connectivity index is 0.00000144. The molecule has 0 atom stereocenters. The van der Waals surface area contributed by atoms with Crippen LogP contribution in [0.1, 0.15) is 10.4 Å². The summed E-state index contributed by atoms with van der Waals surface area (Å²) >= 11 is 5.62. The van der Waals surface area contributed by atoms with Crippen molar-refractivity contribution in [2.24, 2.45) is 0 Å². The van der Waals surface area contributed by atoms with Crippen LogP contribution in [0.25, 0.3) is 0 Å². The van der Waals surface area contributed by atoms with E-state index in [2.05, 4.69) is 0 Å². The molecule has 0 aliphatic rings. The Labute approximate surface area is 86.7 Å². The van der Waals surface area contributed by atoms with Crippen LogP contribution >= 0.6 is 24.0 Å². The average Bonchev–Trinajstić information content (AvgIpc) is 2.10. The number of halogens is 2. The number of rotatable bonds is 2. The van der Waals surface area contributed by atoms with Crippen molar-refractivity contribution in [3.8, 4) is 11.5 Å². The first kappa shape index (κ1) is 12.1. The van der Waals surface area contributed by atoms with Crippen molar-refractivity contribution < 1.29 is 14.6 Å². The highest BCUT2D eigenvalue weighted by Crippen LogP contribution is 2.35. The third-order valence-electron chi connectivity index (χ3n) is 1.46. The van der Waals surface area contributed by atoms with Crippen LogP contribution in [-0.2, 0) is 0 Å². The van der Waals surface area contributed by atoms with Gasteiger partial charge in [0.25, 0.3) is 0 Å². The van der Waals surface area contributed by atoms with Crippen LogP contribution in [0.2, 0.25) is 5.02 Å². The standard InChI is InChI=1S/C8H7ClO3.ClH/c1-12-6-3-2-5(4-10)7(9)8(6)11;/h2-4,11H,1H3;1H. The number of aldehydes is 1. The number of benzene rings is 1. The summed E-state index contributed by atoms with van der Waals surface area (Å²) in [5, 5.41) is 9.31. The molecule has 1 aromatic carbocycles. The normalized spacial score (nSPS) is 8.77. The second kappa shape index (κ2) is 4.94. The van der Waals surface area contributed by atoms with Gasteiger partial charge >= 0.3 is 0 Å². The zero-order valence-corrected chi connectivity index (χ0v) is 8.35. The van der Waals surface area contributed by atoms with Gasteiger partial charge in [-0.05, 0) is 12.1 Å². The van der Waals surface area contributed by atoms with Gasteiger partial charge < -0.3 is 9.84 Å². The Morgan fingerprint density at radius 1 is 1.54 bits per heavy atom. The second-order valence-electron chi connectivity index (χ2n) is 2.14. The number of methoxy groups -OCH3 is 1. The summed E-state index contributed by atoms with van der Waals surface area (Å²) in [4.78, 5) is 10.3. The van der Waals surface area contributed by atoms with Crippen molar-refractivity contribution >= 4 is 30.3 Å². The summed E-state index contributed by atoms with van der Waals surface area (Å²) in [6, 6.07) is 2.96. The molecule has 0 saturated heterocycles. The number of ether oxygens (including phenoxy) is 1. The highest BCUT2D eigenvalue weighted by atomic mass is 35.5. The Morgan fingerprint density at radius 2 is 2.15 bits per heavy atom. The van der Waals surface area contributed by atoms with Crippen molar-refractivity contribution in [2.45, 2.75) is 0 Å². The molecule has 1 N–H and O–H groups in total. The minimum Gasteiger partial charge on any atom is -0.503 e. The fourth-order valence-electron chi connectivity index (χ4n) is 0.818. The van der Waals surface area contributed by atoms with E-state index in [-0.39, 0.29) is 34.5 Å². The fourth-order valence-corrected chi connectivity index (χ4v) is 1.02. The SMILES string of the molecule is COc1ccc(C=O)c(Cl)c1O.Cl. The predicted molar refractivity (Wildman–Crippen MR) is 52.3 cm³/mol. The number of aromatic hydroxyl groups is 1. The lowest BCUT2D eigenvalue weighted by molar-refractivity contribution is 0.112. The van der Waals surface area contributed by atoms with Crippen molar-refractivity contribution in [3.05, 3.63) is 22.7 Å². The van der Waals surface area contributed by atoms with Gasteiger partial charge in [0, 0.05) is 5.56 Å². The lowest BCUT2D eigenvalue weighted by Gasteiger charge is -2.05. The molecule has 0 aliphatic heterocycles. The number of carbonyl (C=O) groups is 1. The van der Waals surface area contributed by atoms with Crippen LogP contribution in [-0.4, -0.2) is 18.5 Å². The topological polar surface area (TPSA) is 46.5 Å². The number of hydrogen-bond donors (Lipinski definition) is 1. The van der Waals surface area contributed by atoms with Crippen molar-refractivity contribution in [2.75, 3.05) is 7.11 Å². The van der Waals surface area contributed by atoms with Crippen LogP contribution in [0.3, 0.4) is 0 Å². The molecule has 0 saturated carbocycles. The van der Waals surface area contributed by atoms with Crippen LogP contribution in [0.15, 0.2) is 12.1 Å². The van der Waals surface area contributed by atoms with E-state index < -0.39 is 0 Å². The van der Waals surface area contributed by atoms with Gasteiger partial charge in [-0.3, -0.25) is 4.79 Å². The molecule has 0 radical (unpaired) electrons. The lowest BCUT2D eigenvalue weighted by atomic mass is 10.2. The van der Waals surface area contributed by atoms with E-state index >= 15 is 0 Å². The number of carbonyl (C=O) groups excluding carboxylic acids is 1. The maximum atomic E-state index is 10.3.